The van der Waals surface area contributed by atoms with Crippen LogP contribution in [0.5, 0.6) is 0 Å². The van der Waals surface area contributed by atoms with Gasteiger partial charge in [0.1, 0.15) is 17.5 Å². The number of carbonyl (C=O) groups is 1. The summed E-state index contributed by atoms with van der Waals surface area (Å²) in [5, 5.41) is 21.0. The number of rotatable bonds is 4. The number of halogens is 1. The van der Waals surface area contributed by atoms with E-state index in [2.05, 4.69) is 15.2 Å². The van der Waals surface area contributed by atoms with Crippen LogP contribution in [0.15, 0.2) is 66.0 Å². The van der Waals surface area contributed by atoms with Gasteiger partial charge in [0.05, 0.1) is 35.7 Å². The molecular weight excluding hydrogens is 477 g/mol. The number of likely N-dealkylation sites (tertiary alicyclic amines) is 1. The second-order valence-corrected chi connectivity index (χ2v) is 9.51. The van der Waals surface area contributed by atoms with Crippen LogP contribution in [0.3, 0.4) is 0 Å². The van der Waals surface area contributed by atoms with Crippen LogP contribution in [0, 0.1) is 5.82 Å². The normalized spacial score (nSPS) is 15.5. The number of hydrogen-bond acceptors (Lipinski definition) is 6. The van der Waals surface area contributed by atoms with Crippen molar-refractivity contribution in [2.24, 2.45) is 7.05 Å². The van der Waals surface area contributed by atoms with E-state index in [-0.39, 0.29) is 23.8 Å². The predicted molar refractivity (Wildman–Crippen MR) is 134 cm³/mol. The highest BCUT2D eigenvalue weighted by atomic mass is 19.1. The minimum atomic E-state index is -1.16. The van der Waals surface area contributed by atoms with Crippen LogP contribution in [0.4, 0.5) is 4.39 Å². The number of hydrogen-bond donors (Lipinski definition) is 1. The van der Waals surface area contributed by atoms with Gasteiger partial charge in [-0.25, -0.2) is 14.1 Å². The number of aliphatic hydroxyl groups is 1. The predicted octanol–water partition coefficient (Wildman–Crippen LogP) is 2.28. The van der Waals surface area contributed by atoms with Gasteiger partial charge in [-0.05, 0) is 49.2 Å². The van der Waals surface area contributed by atoms with Gasteiger partial charge in [-0.15, -0.1) is 0 Å². The Morgan fingerprint density at radius 3 is 2.59 bits per heavy atom. The summed E-state index contributed by atoms with van der Waals surface area (Å²) in [6.45, 7) is 0.789. The van der Waals surface area contributed by atoms with E-state index in [1.54, 1.807) is 34.0 Å². The molecule has 0 unspecified atom stereocenters. The Morgan fingerprint density at radius 1 is 1.08 bits per heavy atom. The third-order valence-electron chi connectivity index (χ3n) is 7.07. The molecule has 1 fully saturated rings. The zero-order valence-electron chi connectivity index (χ0n) is 20.1. The number of benzene rings is 2. The lowest BCUT2D eigenvalue weighted by atomic mass is 9.91. The van der Waals surface area contributed by atoms with Gasteiger partial charge in [-0.2, -0.15) is 10.2 Å². The molecule has 0 saturated carbocycles. The van der Waals surface area contributed by atoms with E-state index in [1.165, 1.54) is 33.9 Å². The summed E-state index contributed by atoms with van der Waals surface area (Å²) >= 11 is 0. The van der Waals surface area contributed by atoms with Gasteiger partial charge in [0.25, 0.3) is 11.5 Å². The first kappa shape index (κ1) is 23.0. The number of aryl methyl sites for hydroxylation is 1. The molecule has 1 aliphatic heterocycles. The van der Waals surface area contributed by atoms with E-state index in [0.29, 0.717) is 48.2 Å². The molecule has 0 radical (unpaired) electrons. The molecule has 10 nitrogen and oxygen atoms in total. The maximum Gasteiger partial charge on any atom is 0.264 e. The maximum atomic E-state index is 13.3. The number of nitrogens with zero attached hydrogens (tertiary/aromatic N) is 7. The molecule has 1 aliphatic rings. The van der Waals surface area contributed by atoms with E-state index in [1.807, 2.05) is 19.2 Å². The number of carbonyl (C=O) groups excluding carboxylic acids is 1. The average Bonchev–Trinajstić information content (AvgIpc) is 3.50. The van der Waals surface area contributed by atoms with E-state index in [0.717, 1.165) is 10.9 Å². The quantitative estimate of drug-likeness (QED) is 0.405. The highest BCUT2D eigenvalue weighted by Gasteiger charge is 2.35. The molecule has 2 aromatic carbocycles. The number of piperidine rings is 1. The van der Waals surface area contributed by atoms with Crippen LogP contribution in [-0.2, 0) is 13.6 Å². The Hall–Kier alpha value is -4.38. The molecule has 37 heavy (non-hydrogen) atoms. The Labute approximate surface area is 210 Å². The van der Waals surface area contributed by atoms with Crippen molar-refractivity contribution in [3.8, 4) is 5.69 Å². The smallest absolute Gasteiger partial charge is 0.264 e. The second kappa shape index (κ2) is 8.63. The van der Waals surface area contributed by atoms with Crippen molar-refractivity contribution in [2.75, 3.05) is 13.1 Å². The van der Waals surface area contributed by atoms with E-state index >= 15 is 0 Å². The van der Waals surface area contributed by atoms with Crippen LogP contribution in [0.1, 0.15) is 23.2 Å². The molecule has 188 valence electrons. The largest absolute Gasteiger partial charge is 0.388 e. The third kappa shape index (κ3) is 4.06. The summed E-state index contributed by atoms with van der Waals surface area (Å²) in [5.74, 6) is -0.468. The molecule has 11 heteroatoms. The molecule has 0 spiro atoms. The molecule has 0 aliphatic carbocycles. The first-order chi connectivity index (χ1) is 17.8. The zero-order valence-corrected chi connectivity index (χ0v) is 20.1. The highest BCUT2D eigenvalue weighted by molar-refractivity contribution is 5.97. The van der Waals surface area contributed by atoms with E-state index in [9.17, 15) is 19.1 Å². The molecule has 4 heterocycles. The highest BCUT2D eigenvalue weighted by Crippen LogP contribution is 2.26. The van der Waals surface area contributed by atoms with E-state index < -0.39 is 5.60 Å². The number of fused-ring (bicyclic) bond motifs is 2. The van der Waals surface area contributed by atoms with Crippen LogP contribution >= 0.6 is 0 Å². The van der Waals surface area contributed by atoms with Crippen molar-refractivity contribution < 1.29 is 14.3 Å². The van der Waals surface area contributed by atoms with Gasteiger partial charge in [-0.1, -0.05) is 6.07 Å². The van der Waals surface area contributed by atoms with Crippen molar-refractivity contribution in [1.29, 1.82) is 0 Å². The van der Waals surface area contributed by atoms with Crippen LogP contribution in [0.2, 0.25) is 0 Å². The Kier molecular flexibility index (Phi) is 5.37. The molecule has 1 saturated heterocycles. The van der Waals surface area contributed by atoms with Gasteiger partial charge < -0.3 is 10.0 Å². The van der Waals surface area contributed by atoms with Crippen molar-refractivity contribution in [2.45, 2.75) is 25.0 Å². The summed E-state index contributed by atoms with van der Waals surface area (Å²) in [5.41, 5.74) is 0.907. The summed E-state index contributed by atoms with van der Waals surface area (Å²) < 4.78 is 17.9. The van der Waals surface area contributed by atoms with Gasteiger partial charge >= 0.3 is 0 Å². The Bertz CT molecular complexity index is 1700. The summed E-state index contributed by atoms with van der Waals surface area (Å²) in [6, 6.07) is 11.2. The van der Waals surface area contributed by atoms with Gasteiger partial charge in [0.15, 0.2) is 5.65 Å². The molecule has 0 atom stereocenters. The fourth-order valence-electron chi connectivity index (χ4n) is 4.89. The lowest BCUT2D eigenvalue weighted by molar-refractivity contribution is -0.0299. The van der Waals surface area contributed by atoms with Gasteiger partial charge in [-0.3, -0.25) is 18.8 Å². The molecule has 3 aromatic heterocycles. The van der Waals surface area contributed by atoms with Gasteiger partial charge in [0, 0.05) is 31.1 Å². The summed E-state index contributed by atoms with van der Waals surface area (Å²) in [4.78, 5) is 32.4. The molecule has 0 bridgehead atoms. The molecule has 1 N–H and O–H groups in total. The lowest BCUT2D eigenvalue weighted by Gasteiger charge is -2.38. The molecular formula is C26H24FN7O3. The third-order valence-corrected chi connectivity index (χ3v) is 7.07. The van der Waals surface area contributed by atoms with E-state index in [4.69, 9.17) is 0 Å². The maximum absolute atomic E-state index is 13.3. The molecule has 6 rings (SSSR count). The monoisotopic (exact) mass is 501 g/mol. The summed E-state index contributed by atoms with van der Waals surface area (Å²) in [7, 11) is 1.83. The molecule has 1 amide bonds. The number of aromatic nitrogens is 6. The van der Waals surface area contributed by atoms with Crippen molar-refractivity contribution >= 4 is 27.8 Å². The fraction of sp³-hybridized carbons (Fsp3) is 0.269. The lowest BCUT2D eigenvalue weighted by Crippen LogP contribution is -2.49. The zero-order chi connectivity index (χ0) is 25.7. The average molecular weight is 502 g/mol. The van der Waals surface area contributed by atoms with Crippen LogP contribution in [-0.4, -0.2) is 63.7 Å². The minimum Gasteiger partial charge on any atom is -0.388 e. The minimum absolute atomic E-state index is 0.0551. The van der Waals surface area contributed by atoms with Crippen molar-refractivity contribution in [3.05, 3.63) is 82.9 Å². The van der Waals surface area contributed by atoms with Crippen LogP contribution < -0.4 is 5.56 Å². The first-order valence-electron chi connectivity index (χ1n) is 11.9. The van der Waals surface area contributed by atoms with Crippen LogP contribution in [0.25, 0.3) is 27.6 Å². The molecule has 5 aromatic rings. The topological polar surface area (TPSA) is 111 Å². The Morgan fingerprint density at radius 2 is 1.84 bits per heavy atom. The number of amides is 1. The van der Waals surface area contributed by atoms with Crippen molar-refractivity contribution in [3.63, 3.8) is 0 Å². The fourth-order valence-corrected chi connectivity index (χ4v) is 4.89. The van der Waals surface area contributed by atoms with Crippen molar-refractivity contribution in [1.82, 2.24) is 34.0 Å². The summed E-state index contributed by atoms with van der Waals surface area (Å²) in [6.07, 6.45) is 5.23. The Balaban J connectivity index is 1.18. The van der Waals surface area contributed by atoms with Gasteiger partial charge in [0.2, 0.25) is 0 Å². The second-order valence-electron chi connectivity index (χ2n) is 9.51. The SMILES string of the molecule is Cn1ncc2ccc(C(=O)N3CCC(O)(Cn4cnc5c(cnn5-c5ccc(F)cc5)c4=O)CC3)cc21. The first-order valence-corrected chi connectivity index (χ1v) is 11.9. The standard InChI is InChI=1S/C26H24FN7O3/c1-31-22-12-17(2-3-18(22)13-29-31)24(35)32-10-8-26(37,9-11-32)15-33-16-28-23-21(25(33)36)14-30-34(23)20-6-4-19(27)5-7-20/h2-7,12-14,16,37H,8-11,15H2,1H3.